The highest BCUT2D eigenvalue weighted by Crippen LogP contribution is 2.28. The fourth-order valence-corrected chi connectivity index (χ4v) is 5.17. The van der Waals surface area contributed by atoms with Gasteiger partial charge < -0.3 is 14.8 Å². The number of amides is 1. The van der Waals surface area contributed by atoms with E-state index in [0.717, 1.165) is 19.3 Å². The number of ether oxygens (including phenoxy) is 2. The highest BCUT2D eigenvalue weighted by Gasteiger charge is 2.28. The van der Waals surface area contributed by atoms with Gasteiger partial charge in [0.15, 0.2) is 6.61 Å². The van der Waals surface area contributed by atoms with E-state index in [4.69, 9.17) is 16.3 Å². The van der Waals surface area contributed by atoms with Crippen molar-refractivity contribution in [3.05, 3.63) is 53.1 Å². The lowest BCUT2D eigenvalue weighted by atomic mass is 10.2. The maximum Gasteiger partial charge on any atom is 0.343 e. The molecule has 1 aliphatic heterocycles. The molecule has 0 bridgehead atoms. The third-order valence-corrected chi connectivity index (χ3v) is 7.18. The molecule has 2 aromatic rings. The standard InChI is InChI=1S/C21H23ClN2O6S/c1-29-20(25)14-30-17-7-5-6-16(13-17)23-21(26)15-8-9-18(22)19(12-15)31(27,28)24-10-3-2-4-11-24/h5-9,12-13H,2-4,10-11,14H2,1H3,(H,23,26). The number of hydrogen-bond acceptors (Lipinski definition) is 6. The zero-order valence-electron chi connectivity index (χ0n) is 17.0. The first kappa shape index (κ1) is 23.1. The van der Waals surface area contributed by atoms with Crippen molar-refractivity contribution in [3.63, 3.8) is 0 Å². The molecule has 0 spiro atoms. The van der Waals surface area contributed by atoms with E-state index in [0.29, 0.717) is 24.5 Å². The minimum absolute atomic E-state index is 0.0698. The van der Waals surface area contributed by atoms with Crippen LogP contribution in [0.5, 0.6) is 5.75 Å². The van der Waals surface area contributed by atoms with Crippen molar-refractivity contribution in [1.29, 1.82) is 0 Å². The number of hydrogen-bond donors (Lipinski definition) is 1. The largest absolute Gasteiger partial charge is 0.482 e. The number of piperidine rings is 1. The second kappa shape index (κ2) is 10.1. The van der Waals surface area contributed by atoms with Gasteiger partial charge in [-0.25, -0.2) is 13.2 Å². The molecule has 1 amide bonds. The topological polar surface area (TPSA) is 102 Å². The van der Waals surface area contributed by atoms with Gasteiger partial charge in [0.2, 0.25) is 10.0 Å². The molecule has 0 aromatic heterocycles. The summed E-state index contributed by atoms with van der Waals surface area (Å²) in [6.07, 6.45) is 2.58. The third kappa shape index (κ3) is 5.75. The lowest BCUT2D eigenvalue weighted by Crippen LogP contribution is -2.35. The molecule has 3 rings (SSSR count). The summed E-state index contributed by atoms with van der Waals surface area (Å²) in [5.74, 6) is -0.664. The SMILES string of the molecule is COC(=O)COc1cccc(NC(=O)c2ccc(Cl)c(S(=O)(=O)N3CCCCC3)c2)c1. The van der Waals surface area contributed by atoms with Gasteiger partial charge in [-0.1, -0.05) is 24.1 Å². The number of esters is 1. The molecule has 0 radical (unpaired) electrons. The average molecular weight is 467 g/mol. The van der Waals surface area contributed by atoms with Crippen LogP contribution in [-0.2, 0) is 19.6 Å². The van der Waals surface area contributed by atoms with Crippen molar-refractivity contribution >= 4 is 39.2 Å². The Kier molecular flexibility index (Phi) is 7.53. The number of sulfonamides is 1. The average Bonchev–Trinajstić information content (AvgIpc) is 2.78. The van der Waals surface area contributed by atoms with Gasteiger partial charge in [0, 0.05) is 30.4 Å². The molecule has 10 heteroatoms. The van der Waals surface area contributed by atoms with E-state index in [9.17, 15) is 18.0 Å². The van der Waals surface area contributed by atoms with E-state index in [1.807, 2.05) is 0 Å². The summed E-state index contributed by atoms with van der Waals surface area (Å²) in [7, 11) is -2.53. The smallest absolute Gasteiger partial charge is 0.343 e. The van der Waals surface area contributed by atoms with Gasteiger partial charge in [0.05, 0.1) is 12.1 Å². The van der Waals surface area contributed by atoms with Crippen LogP contribution in [0.2, 0.25) is 5.02 Å². The van der Waals surface area contributed by atoms with Gasteiger partial charge in [-0.2, -0.15) is 4.31 Å². The maximum atomic E-state index is 13.0. The monoisotopic (exact) mass is 466 g/mol. The minimum Gasteiger partial charge on any atom is -0.482 e. The number of rotatable bonds is 7. The summed E-state index contributed by atoms with van der Waals surface area (Å²) in [6, 6.07) is 10.6. The quantitative estimate of drug-likeness (QED) is 0.628. The van der Waals surface area contributed by atoms with Crippen molar-refractivity contribution in [2.45, 2.75) is 24.2 Å². The first-order valence-electron chi connectivity index (χ1n) is 9.72. The predicted octanol–water partition coefficient (Wildman–Crippen LogP) is 3.32. The number of nitrogens with one attached hydrogen (secondary N) is 1. The molecule has 2 aromatic carbocycles. The van der Waals surface area contributed by atoms with Crippen LogP contribution in [0, 0.1) is 0 Å². The molecule has 1 heterocycles. The molecule has 0 atom stereocenters. The van der Waals surface area contributed by atoms with Gasteiger partial charge >= 0.3 is 5.97 Å². The number of halogens is 1. The maximum absolute atomic E-state index is 13.0. The van der Waals surface area contributed by atoms with Crippen LogP contribution in [0.4, 0.5) is 5.69 Å². The fraction of sp³-hybridized carbons (Fsp3) is 0.333. The van der Waals surface area contributed by atoms with Crippen molar-refractivity contribution in [1.82, 2.24) is 4.31 Å². The van der Waals surface area contributed by atoms with E-state index in [2.05, 4.69) is 10.1 Å². The number of nitrogens with zero attached hydrogens (tertiary/aromatic N) is 1. The number of carbonyl (C=O) groups excluding carboxylic acids is 2. The molecule has 1 saturated heterocycles. The Morgan fingerprint density at radius 3 is 2.55 bits per heavy atom. The molecule has 31 heavy (non-hydrogen) atoms. The Balaban J connectivity index is 1.77. The van der Waals surface area contributed by atoms with Crippen LogP contribution >= 0.6 is 11.6 Å². The van der Waals surface area contributed by atoms with Crippen molar-refractivity contribution in [2.75, 3.05) is 32.1 Å². The van der Waals surface area contributed by atoms with Crippen LogP contribution in [0.25, 0.3) is 0 Å². The zero-order valence-corrected chi connectivity index (χ0v) is 18.5. The number of benzene rings is 2. The Morgan fingerprint density at radius 2 is 1.84 bits per heavy atom. The molecule has 166 valence electrons. The van der Waals surface area contributed by atoms with Crippen molar-refractivity contribution in [3.8, 4) is 5.75 Å². The van der Waals surface area contributed by atoms with E-state index >= 15 is 0 Å². The van der Waals surface area contributed by atoms with Gasteiger partial charge in [0.1, 0.15) is 10.6 Å². The number of carbonyl (C=O) groups is 2. The van der Waals surface area contributed by atoms with E-state index in [1.165, 1.54) is 29.6 Å². The fourth-order valence-electron chi connectivity index (χ4n) is 3.15. The second-order valence-electron chi connectivity index (χ2n) is 6.96. The molecular formula is C21H23ClN2O6S. The highest BCUT2D eigenvalue weighted by atomic mass is 35.5. The van der Waals surface area contributed by atoms with Crippen LogP contribution in [0.15, 0.2) is 47.4 Å². The van der Waals surface area contributed by atoms with E-state index in [-0.39, 0.29) is 22.1 Å². The van der Waals surface area contributed by atoms with Gasteiger partial charge in [-0.3, -0.25) is 4.79 Å². The van der Waals surface area contributed by atoms with Crippen LogP contribution in [0.1, 0.15) is 29.6 Å². The van der Waals surface area contributed by atoms with Gasteiger partial charge in [-0.15, -0.1) is 0 Å². The minimum atomic E-state index is -3.79. The first-order valence-corrected chi connectivity index (χ1v) is 11.5. The molecule has 1 fully saturated rings. The lowest BCUT2D eigenvalue weighted by molar-refractivity contribution is -0.142. The molecule has 0 saturated carbocycles. The molecular weight excluding hydrogens is 444 g/mol. The van der Waals surface area contributed by atoms with Gasteiger partial charge in [0.25, 0.3) is 5.91 Å². The predicted molar refractivity (Wildman–Crippen MR) is 116 cm³/mol. The highest BCUT2D eigenvalue weighted by molar-refractivity contribution is 7.89. The second-order valence-corrected chi connectivity index (χ2v) is 9.27. The Morgan fingerprint density at radius 1 is 1.10 bits per heavy atom. The van der Waals surface area contributed by atoms with Crippen LogP contribution < -0.4 is 10.1 Å². The summed E-state index contributed by atoms with van der Waals surface area (Å²) >= 11 is 6.17. The van der Waals surface area contributed by atoms with Crippen molar-refractivity contribution < 1.29 is 27.5 Å². The van der Waals surface area contributed by atoms with Gasteiger partial charge in [-0.05, 0) is 43.2 Å². The van der Waals surface area contributed by atoms with Crippen LogP contribution in [-0.4, -0.2) is 51.4 Å². The zero-order chi connectivity index (χ0) is 22.4. The number of anilines is 1. The van der Waals surface area contributed by atoms with Crippen LogP contribution in [0.3, 0.4) is 0 Å². The molecule has 1 N–H and O–H groups in total. The summed E-state index contributed by atoms with van der Waals surface area (Å²) in [4.78, 5) is 23.8. The summed E-state index contributed by atoms with van der Waals surface area (Å²) < 4.78 is 37.2. The molecule has 0 aliphatic carbocycles. The Hall–Kier alpha value is -2.62. The summed E-state index contributed by atoms with van der Waals surface area (Å²) in [5, 5.41) is 2.76. The summed E-state index contributed by atoms with van der Waals surface area (Å²) in [6.45, 7) is 0.615. The van der Waals surface area contributed by atoms with Crippen molar-refractivity contribution in [2.24, 2.45) is 0 Å². The molecule has 8 nitrogen and oxygen atoms in total. The lowest BCUT2D eigenvalue weighted by Gasteiger charge is -2.26. The molecule has 0 unspecified atom stereocenters. The first-order chi connectivity index (χ1) is 14.8. The third-order valence-electron chi connectivity index (χ3n) is 4.80. The number of methoxy groups -OCH3 is 1. The van der Waals surface area contributed by atoms with E-state index in [1.54, 1.807) is 24.3 Å². The van der Waals surface area contributed by atoms with E-state index < -0.39 is 21.9 Å². The Bertz CT molecular complexity index is 1070. The Labute approximate surface area is 186 Å². The molecule has 1 aliphatic rings. The normalized spacial score (nSPS) is 14.6. The summed E-state index contributed by atoms with van der Waals surface area (Å²) in [5.41, 5.74) is 0.573.